The molecule has 0 aliphatic heterocycles. The highest BCUT2D eigenvalue weighted by Gasteiger charge is 2.12. The summed E-state index contributed by atoms with van der Waals surface area (Å²) in [4.78, 5) is 7.95. The summed E-state index contributed by atoms with van der Waals surface area (Å²) < 4.78 is 10.6. The molecule has 0 spiro atoms. The maximum Gasteiger partial charge on any atom is 0.127 e. The van der Waals surface area contributed by atoms with Gasteiger partial charge in [-0.3, -0.25) is 0 Å². The summed E-state index contributed by atoms with van der Waals surface area (Å²) in [6.45, 7) is 2.05. The third-order valence-corrected chi connectivity index (χ3v) is 2.85. The third kappa shape index (κ3) is 3.13. The maximum atomic E-state index is 5.40. The van der Waals surface area contributed by atoms with Crippen molar-refractivity contribution in [2.24, 2.45) is 0 Å². The van der Waals surface area contributed by atoms with Crippen LogP contribution in [0.15, 0.2) is 36.9 Å². The highest BCUT2D eigenvalue weighted by molar-refractivity contribution is 5.47. The summed E-state index contributed by atoms with van der Waals surface area (Å²) in [6, 6.07) is 5.85. The molecule has 0 saturated carbocycles. The molecule has 100 valence electrons. The van der Waals surface area contributed by atoms with Crippen LogP contribution >= 0.6 is 0 Å². The lowest BCUT2D eigenvalue weighted by molar-refractivity contribution is 0.390. The molecule has 1 aromatic heterocycles. The monoisotopic (exact) mass is 259 g/mol. The van der Waals surface area contributed by atoms with Crippen LogP contribution in [0.25, 0.3) is 0 Å². The van der Waals surface area contributed by atoms with Gasteiger partial charge in [0.1, 0.15) is 17.8 Å². The van der Waals surface area contributed by atoms with Gasteiger partial charge in [-0.15, -0.1) is 0 Å². The minimum atomic E-state index is 0.0758. The van der Waals surface area contributed by atoms with E-state index in [1.807, 2.05) is 18.2 Å². The number of anilines is 1. The Morgan fingerprint density at radius 3 is 2.47 bits per heavy atom. The van der Waals surface area contributed by atoms with E-state index in [4.69, 9.17) is 9.47 Å². The van der Waals surface area contributed by atoms with Gasteiger partial charge in [0.15, 0.2) is 0 Å². The molecule has 0 aliphatic rings. The Balaban J connectivity index is 2.21. The van der Waals surface area contributed by atoms with Crippen molar-refractivity contribution in [2.75, 3.05) is 19.5 Å². The number of benzene rings is 1. The van der Waals surface area contributed by atoms with Crippen LogP contribution in [-0.4, -0.2) is 24.2 Å². The number of nitrogens with one attached hydrogen (secondary N) is 1. The molecule has 1 aromatic carbocycles. The van der Waals surface area contributed by atoms with Gasteiger partial charge in [0, 0.05) is 11.6 Å². The van der Waals surface area contributed by atoms with Crippen molar-refractivity contribution in [3.05, 3.63) is 42.5 Å². The Labute approximate surface area is 112 Å². The number of rotatable bonds is 5. The molecular weight excluding hydrogens is 242 g/mol. The van der Waals surface area contributed by atoms with Crippen LogP contribution in [0.4, 0.5) is 5.69 Å². The van der Waals surface area contributed by atoms with Gasteiger partial charge in [-0.25, -0.2) is 9.97 Å². The first-order valence-corrected chi connectivity index (χ1v) is 5.98. The largest absolute Gasteiger partial charge is 0.497 e. The number of nitrogens with zero attached hydrogens (tertiary/aromatic N) is 2. The minimum Gasteiger partial charge on any atom is -0.497 e. The first-order chi connectivity index (χ1) is 9.24. The van der Waals surface area contributed by atoms with Crippen LogP contribution in [-0.2, 0) is 0 Å². The lowest BCUT2D eigenvalue weighted by Crippen LogP contribution is -2.08. The van der Waals surface area contributed by atoms with Crippen LogP contribution in [0.5, 0.6) is 11.5 Å². The van der Waals surface area contributed by atoms with E-state index in [0.717, 1.165) is 22.7 Å². The Morgan fingerprint density at radius 1 is 1.11 bits per heavy atom. The summed E-state index contributed by atoms with van der Waals surface area (Å²) in [6.07, 6.45) is 4.98. The second-order valence-corrected chi connectivity index (χ2v) is 4.10. The summed E-state index contributed by atoms with van der Waals surface area (Å²) >= 11 is 0. The summed E-state index contributed by atoms with van der Waals surface area (Å²) in [5, 5.41) is 3.32. The van der Waals surface area contributed by atoms with E-state index in [9.17, 15) is 0 Å². The Morgan fingerprint density at radius 2 is 1.84 bits per heavy atom. The number of hydrogen-bond acceptors (Lipinski definition) is 5. The molecule has 0 bridgehead atoms. The van der Waals surface area contributed by atoms with E-state index in [-0.39, 0.29) is 6.04 Å². The van der Waals surface area contributed by atoms with Crippen molar-refractivity contribution in [1.82, 2.24) is 9.97 Å². The number of methoxy groups -OCH3 is 2. The molecule has 2 aromatic rings. The normalized spacial score (nSPS) is 11.7. The predicted molar refractivity (Wildman–Crippen MR) is 73.6 cm³/mol. The van der Waals surface area contributed by atoms with Gasteiger partial charge in [-0.1, -0.05) is 0 Å². The maximum absolute atomic E-state index is 5.40. The van der Waals surface area contributed by atoms with E-state index in [1.54, 1.807) is 26.6 Å². The molecule has 0 aliphatic carbocycles. The van der Waals surface area contributed by atoms with Gasteiger partial charge < -0.3 is 14.8 Å². The number of hydrogen-bond donors (Lipinski definition) is 1. The highest BCUT2D eigenvalue weighted by Crippen LogP contribution is 2.30. The first kappa shape index (κ1) is 13.1. The molecular formula is C14H17N3O2. The molecule has 19 heavy (non-hydrogen) atoms. The third-order valence-electron chi connectivity index (χ3n) is 2.85. The van der Waals surface area contributed by atoms with E-state index >= 15 is 0 Å². The van der Waals surface area contributed by atoms with Crippen molar-refractivity contribution in [3.8, 4) is 11.5 Å². The van der Waals surface area contributed by atoms with Crippen LogP contribution in [0, 0.1) is 0 Å². The fraction of sp³-hybridized carbons (Fsp3) is 0.286. The van der Waals surface area contributed by atoms with Gasteiger partial charge in [-0.2, -0.15) is 0 Å². The molecule has 0 fully saturated rings. The molecule has 0 saturated heterocycles. The number of ether oxygens (including phenoxy) is 2. The molecule has 1 unspecified atom stereocenters. The molecule has 1 heterocycles. The molecule has 2 rings (SSSR count). The number of aromatic nitrogens is 2. The molecule has 0 amide bonds. The van der Waals surface area contributed by atoms with E-state index in [2.05, 4.69) is 22.2 Å². The zero-order chi connectivity index (χ0) is 13.7. The molecule has 5 heteroatoms. The minimum absolute atomic E-state index is 0.0758. The predicted octanol–water partition coefficient (Wildman–Crippen LogP) is 2.67. The highest BCUT2D eigenvalue weighted by atomic mass is 16.5. The van der Waals surface area contributed by atoms with Gasteiger partial charge in [-0.05, 0) is 19.1 Å². The Kier molecular flexibility index (Phi) is 4.18. The molecule has 0 radical (unpaired) electrons. The van der Waals surface area contributed by atoms with E-state index < -0.39 is 0 Å². The van der Waals surface area contributed by atoms with Crippen molar-refractivity contribution in [3.63, 3.8) is 0 Å². The zero-order valence-corrected chi connectivity index (χ0v) is 11.3. The van der Waals surface area contributed by atoms with Gasteiger partial charge in [0.2, 0.25) is 0 Å². The van der Waals surface area contributed by atoms with Crippen molar-refractivity contribution < 1.29 is 9.47 Å². The zero-order valence-electron chi connectivity index (χ0n) is 11.3. The van der Waals surface area contributed by atoms with Crippen LogP contribution in [0.2, 0.25) is 0 Å². The van der Waals surface area contributed by atoms with Crippen molar-refractivity contribution in [1.29, 1.82) is 0 Å². The average Bonchev–Trinajstić information content (AvgIpc) is 2.47. The van der Waals surface area contributed by atoms with Crippen molar-refractivity contribution >= 4 is 5.69 Å². The molecule has 1 N–H and O–H groups in total. The van der Waals surface area contributed by atoms with Crippen LogP contribution < -0.4 is 14.8 Å². The SMILES string of the molecule is COc1ccc(C(C)Nc2cncnc2)c(OC)c1. The van der Waals surface area contributed by atoms with Gasteiger partial charge in [0.25, 0.3) is 0 Å². The lowest BCUT2D eigenvalue weighted by Gasteiger charge is -2.18. The van der Waals surface area contributed by atoms with E-state index in [1.165, 1.54) is 6.33 Å². The lowest BCUT2D eigenvalue weighted by atomic mass is 10.1. The van der Waals surface area contributed by atoms with Crippen LogP contribution in [0.1, 0.15) is 18.5 Å². The van der Waals surface area contributed by atoms with Gasteiger partial charge >= 0.3 is 0 Å². The smallest absolute Gasteiger partial charge is 0.127 e. The average molecular weight is 259 g/mol. The fourth-order valence-corrected chi connectivity index (χ4v) is 1.88. The second-order valence-electron chi connectivity index (χ2n) is 4.10. The Hall–Kier alpha value is -2.30. The molecule has 5 nitrogen and oxygen atoms in total. The summed E-state index contributed by atoms with van der Waals surface area (Å²) in [5.41, 5.74) is 1.92. The Bertz CT molecular complexity index is 531. The van der Waals surface area contributed by atoms with Crippen molar-refractivity contribution in [2.45, 2.75) is 13.0 Å². The topological polar surface area (TPSA) is 56.3 Å². The quantitative estimate of drug-likeness (QED) is 0.894. The standard InChI is InChI=1S/C14H17N3O2/c1-10(17-11-7-15-9-16-8-11)13-5-4-12(18-2)6-14(13)19-3/h4-10,17H,1-3H3. The van der Waals surface area contributed by atoms with E-state index in [0.29, 0.717) is 0 Å². The molecule has 1 atom stereocenters. The first-order valence-electron chi connectivity index (χ1n) is 5.98. The fourth-order valence-electron chi connectivity index (χ4n) is 1.88. The van der Waals surface area contributed by atoms with Crippen LogP contribution in [0.3, 0.4) is 0 Å². The second kappa shape index (κ2) is 6.04. The summed E-state index contributed by atoms with van der Waals surface area (Å²) in [7, 11) is 3.29. The summed E-state index contributed by atoms with van der Waals surface area (Å²) in [5.74, 6) is 1.56. The van der Waals surface area contributed by atoms with Gasteiger partial charge in [0.05, 0.1) is 38.3 Å².